The van der Waals surface area contributed by atoms with Gasteiger partial charge in [-0.3, -0.25) is 9.69 Å². The first kappa shape index (κ1) is 14.9. The first-order valence-electron chi connectivity index (χ1n) is 7.82. The molecule has 3 nitrogen and oxygen atoms in total. The first-order valence-corrected chi connectivity index (χ1v) is 8.20. The van der Waals surface area contributed by atoms with E-state index in [-0.39, 0.29) is 5.41 Å². The van der Waals surface area contributed by atoms with Gasteiger partial charge in [-0.2, -0.15) is 0 Å². The number of amides is 1. The number of halogens is 1. The van der Waals surface area contributed by atoms with Crippen LogP contribution in [0.5, 0.6) is 0 Å². The highest BCUT2D eigenvalue weighted by molar-refractivity contribution is 6.31. The molecule has 0 N–H and O–H groups in total. The molecular weight excluding hydrogens is 284 g/mol. The van der Waals surface area contributed by atoms with Gasteiger partial charge in [0.1, 0.15) is 0 Å². The largest absolute Gasteiger partial charge is 0.345 e. The molecule has 3 rings (SSSR count). The van der Waals surface area contributed by atoms with E-state index >= 15 is 0 Å². The zero-order chi connectivity index (χ0) is 14.9. The van der Waals surface area contributed by atoms with Crippen molar-refractivity contribution >= 4 is 17.5 Å². The Bertz CT molecular complexity index is 533. The van der Waals surface area contributed by atoms with Crippen LogP contribution in [0.25, 0.3) is 0 Å². The minimum Gasteiger partial charge on any atom is -0.345 e. The second kappa shape index (κ2) is 5.98. The fraction of sp³-hybridized carbons (Fsp3) is 0.588. The van der Waals surface area contributed by atoms with Gasteiger partial charge in [0, 0.05) is 25.2 Å². The van der Waals surface area contributed by atoms with E-state index in [2.05, 4.69) is 11.0 Å². The first-order chi connectivity index (χ1) is 10.1. The van der Waals surface area contributed by atoms with Crippen LogP contribution >= 0.6 is 11.6 Å². The van der Waals surface area contributed by atoms with Crippen LogP contribution in [0, 0.1) is 5.41 Å². The molecule has 2 saturated heterocycles. The molecule has 114 valence electrons. The summed E-state index contributed by atoms with van der Waals surface area (Å²) in [6, 6.07) is 8.05. The average molecular weight is 307 g/mol. The van der Waals surface area contributed by atoms with Gasteiger partial charge in [-0.1, -0.05) is 29.8 Å². The Morgan fingerprint density at radius 1 is 1.14 bits per heavy atom. The molecule has 2 aliphatic heterocycles. The molecule has 4 heteroatoms. The second-order valence-corrected chi connectivity index (χ2v) is 6.89. The van der Waals surface area contributed by atoms with Crippen molar-refractivity contribution in [2.24, 2.45) is 5.41 Å². The molecule has 1 amide bonds. The summed E-state index contributed by atoms with van der Waals surface area (Å²) in [4.78, 5) is 16.8. The molecule has 2 heterocycles. The lowest BCUT2D eigenvalue weighted by Gasteiger charge is -2.26. The van der Waals surface area contributed by atoms with Gasteiger partial charge in [0.25, 0.3) is 0 Å². The number of carbonyl (C=O) groups is 1. The van der Waals surface area contributed by atoms with E-state index in [0.29, 0.717) is 5.91 Å². The average Bonchev–Trinajstić information content (AvgIpc) is 2.66. The monoisotopic (exact) mass is 306 g/mol. The molecule has 0 radical (unpaired) electrons. The molecule has 21 heavy (non-hydrogen) atoms. The van der Waals surface area contributed by atoms with Crippen molar-refractivity contribution in [2.75, 3.05) is 26.7 Å². The quantitative estimate of drug-likeness (QED) is 0.838. The third-order valence-electron chi connectivity index (χ3n) is 5.11. The molecule has 2 fully saturated rings. The van der Waals surface area contributed by atoms with Gasteiger partial charge < -0.3 is 4.90 Å². The number of hydrogen-bond donors (Lipinski definition) is 0. The fourth-order valence-corrected chi connectivity index (χ4v) is 3.93. The van der Waals surface area contributed by atoms with E-state index < -0.39 is 0 Å². The number of likely N-dealkylation sites (tertiary alicyclic amines) is 2. The number of benzene rings is 1. The van der Waals surface area contributed by atoms with E-state index in [0.717, 1.165) is 56.9 Å². The Hall–Kier alpha value is -1.06. The van der Waals surface area contributed by atoms with Crippen molar-refractivity contribution in [1.82, 2.24) is 9.80 Å². The van der Waals surface area contributed by atoms with Crippen molar-refractivity contribution in [3.8, 4) is 0 Å². The standard InChI is InChI=1S/C17H23ClN2O/c1-19-11-8-17(16(19)21)7-4-10-20(12-9-17)13-14-5-2-3-6-15(14)18/h2-3,5-6H,4,7-13H2,1H3/t17-/m0/s1. The Kier molecular flexibility index (Phi) is 4.23. The fourth-order valence-electron chi connectivity index (χ4n) is 3.73. The van der Waals surface area contributed by atoms with Crippen LogP contribution in [0.4, 0.5) is 0 Å². The van der Waals surface area contributed by atoms with E-state index in [4.69, 9.17) is 11.6 Å². The number of nitrogens with zero attached hydrogens (tertiary/aromatic N) is 2. The molecule has 1 atom stereocenters. The summed E-state index contributed by atoms with van der Waals surface area (Å²) < 4.78 is 0. The third-order valence-corrected chi connectivity index (χ3v) is 5.48. The van der Waals surface area contributed by atoms with Crippen LogP contribution in [0.2, 0.25) is 5.02 Å². The van der Waals surface area contributed by atoms with Crippen LogP contribution in [-0.4, -0.2) is 42.4 Å². The molecule has 0 saturated carbocycles. The smallest absolute Gasteiger partial charge is 0.228 e. The maximum absolute atomic E-state index is 12.4. The summed E-state index contributed by atoms with van der Waals surface area (Å²) in [5, 5.41) is 0.841. The summed E-state index contributed by atoms with van der Waals surface area (Å²) in [5.74, 6) is 0.363. The van der Waals surface area contributed by atoms with E-state index in [1.807, 2.05) is 30.1 Å². The normalized spacial score (nSPS) is 27.3. The predicted octanol–water partition coefficient (Wildman–Crippen LogP) is 3.17. The Labute approximate surface area is 131 Å². The highest BCUT2D eigenvalue weighted by Gasteiger charge is 2.45. The van der Waals surface area contributed by atoms with Crippen molar-refractivity contribution in [3.05, 3.63) is 34.9 Å². The summed E-state index contributed by atoms with van der Waals surface area (Å²) in [6.07, 6.45) is 4.15. The Morgan fingerprint density at radius 2 is 1.90 bits per heavy atom. The molecule has 0 unspecified atom stereocenters. The highest BCUT2D eigenvalue weighted by Crippen LogP contribution is 2.41. The minimum absolute atomic E-state index is 0.0794. The summed E-state index contributed by atoms with van der Waals surface area (Å²) in [6.45, 7) is 3.86. The number of carbonyl (C=O) groups excluding carboxylic acids is 1. The zero-order valence-corrected chi connectivity index (χ0v) is 13.4. The molecule has 0 bridgehead atoms. The number of rotatable bonds is 2. The lowest BCUT2D eigenvalue weighted by molar-refractivity contribution is -0.135. The van der Waals surface area contributed by atoms with Gasteiger partial charge >= 0.3 is 0 Å². The van der Waals surface area contributed by atoms with Gasteiger partial charge in [-0.05, 0) is 50.4 Å². The Balaban J connectivity index is 1.67. The van der Waals surface area contributed by atoms with Crippen LogP contribution in [0.3, 0.4) is 0 Å². The SMILES string of the molecule is CN1CC[C@]2(CCCN(Cc3ccccc3Cl)CC2)C1=O. The molecule has 0 aromatic heterocycles. The van der Waals surface area contributed by atoms with Crippen molar-refractivity contribution in [3.63, 3.8) is 0 Å². The predicted molar refractivity (Wildman–Crippen MR) is 85.3 cm³/mol. The second-order valence-electron chi connectivity index (χ2n) is 6.48. The van der Waals surface area contributed by atoms with Crippen LogP contribution in [0.15, 0.2) is 24.3 Å². The molecule has 2 aliphatic rings. The third kappa shape index (κ3) is 2.95. The maximum Gasteiger partial charge on any atom is 0.228 e. The minimum atomic E-state index is -0.0794. The van der Waals surface area contributed by atoms with Gasteiger partial charge in [0.05, 0.1) is 5.41 Å². The van der Waals surface area contributed by atoms with Gasteiger partial charge in [0.15, 0.2) is 0 Å². The van der Waals surface area contributed by atoms with Crippen LogP contribution in [-0.2, 0) is 11.3 Å². The Morgan fingerprint density at radius 3 is 2.62 bits per heavy atom. The lowest BCUT2D eigenvalue weighted by atomic mass is 9.79. The van der Waals surface area contributed by atoms with Crippen LogP contribution in [0.1, 0.15) is 31.2 Å². The molecule has 1 spiro atoms. The topological polar surface area (TPSA) is 23.6 Å². The molecular formula is C17H23ClN2O. The maximum atomic E-state index is 12.4. The summed E-state index contributed by atoms with van der Waals surface area (Å²) in [5.41, 5.74) is 1.11. The van der Waals surface area contributed by atoms with Crippen molar-refractivity contribution in [1.29, 1.82) is 0 Å². The van der Waals surface area contributed by atoms with Gasteiger partial charge in [0.2, 0.25) is 5.91 Å². The molecule has 0 aliphatic carbocycles. The molecule has 1 aromatic rings. The van der Waals surface area contributed by atoms with E-state index in [1.165, 1.54) is 5.56 Å². The van der Waals surface area contributed by atoms with Crippen LogP contribution < -0.4 is 0 Å². The zero-order valence-electron chi connectivity index (χ0n) is 12.6. The van der Waals surface area contributed by atoms with Crippen molar-refractivity contribution < 1.29 is 4.79 Å². The van der Waals surface area contributed by atoms with E-state index in [9.17, 15) is 4.79 Å². The van der Waals surface area contributed by atoms with Gasteiger partial charge in [-0.15, -0.1) is 0 Å². The lowest BCUT2D eigenvalue weighted by Crippen LogP contribution is -2.33. The van der Waals surface area contributed by atoms with E-state index in [1.54, 1.807) is 0 Å². The highest BCUT2D eigenvalue weighted by atomic mass is 35.5. The van der Waals surface area contributed by atoms with Gasteiger partial charge in [-0.25, -0.2) is 0 Å². The molecule has 1 aromatic carbocycles. The van der Waals surface area contributed by atoms with Crippen molar-refractivity contribution in [2.45, 2.75) is 32.2 Å². The summed E-state index contributed by atoms with van der Waals surface area (Å²) >= 11 is 6.26. The summed E-state index contributed by atoms with van der Waals surface area (Å²) in [7, 11) is 1.93. The number of hydrogen-bond acceptors (Lipinski definition) is 2.